The second-order valence-electron chi connectivity index (χ2n) is 3.93. The molecule has 1 atom stereocenters. The van der Waals surface area contributed by atoms with Gasteiger partial charge in [-0.2, -0.15) is 4.31 Å². The number of rotatable bonds is 5. The van der Waals surface area contributed by atoms with E-state index in [9.17, 15) is 13.5 Å². The Bertz CT molecular complexity index is 516. The zero-order valence-corrected chi connectivity index (χ0v) is 12.0. The minimum absolute atomic E-state index is 0.00805. The summed E-state index contributed by atoms with van der Waals surface area (Å²) in [4.78, 5) is 0.0255. The third kappa shape index (κ3) is 3.35. The number of likely N-dealkylation sites (N-methyl/N-ethyl adjacent to an activating group) is 1. The van der Waals surface area contributed by atoms with Gasteiger partial charge >= 0.3 is 0 Å². The van der Waals surface area contributed by atoms with Crippen LogP contribution in [-0.4, -0.2) is 44.6 Å². The standard InChI is InChI=1S/C11H16ClNO4S/c1-8(14)7-13(2)18(15,16)11-5-4-9(12)6-10(11)17-3/h4-6,8,14H,7H2,1-3H3. The Balaban J connectivity index is 3.20. The molecule has 0 bridgehead atoms. The van der Waals surface area contributed by atoms with E-state index < -0.39 is 16.1 Å². The summed E-state index contributed by atoms with van der Waals surface area (Å²) < 4.78 is 30.6. The predicted molar refractivity (Wildman–Crippen MR) is 69.5 cm³/mol. The molecule has 0 spiro atoms. The zero-order valence-electron chi connectivity index (χ0n) is 10.4. The lowest BCUT2D eigenvalue weighted by molar-refractivity contribution is 0.171. The summed E-state index contributed by atoms with van der Waals surface area (Å²) in [6.45, 7) is 1.53. The molecule has 1 unspecified atom stereocenters. The van der Waals surface area contributed by atoms with Gasteiger partial charge in [-0.3, -0.25) is 0 Å². The maximum Gasteiger partial charge on any atom is 0.246 e. The molecule has 5 nitrogen and oxygen atoms in total. The number of halogens is 1. The first-order valence-corrected chi connectivity index (χ1v) is 7.08. The molecule has 7 heteroatoms. The summed E-state index contributed by atoms with van der Waals surface area (Å²) >= 11 is 5.78. The molecule has 0 aromatic heterocycles. The van der Waals surface area contributed by atoms with Gasteiger partial charge in [0.15, 0.2) is 0 Å². The van der Waals surface area contributed by atoms with E-state index in [-0.39, 0.29) is 17.2 Å². The van der Waals surface area contributed by atoms with Crippen molar-refractivity contribution in [3.05, 3.63) is 23.2 Å². The monoisotopic (exact) mass is 293 g/mol. The summed E-state index contributed by atoms with van der Waals surface area (Å²) in [6.07, 6.45) is -0.747. The zero-order chi connectivity index (χ0) is 13.9. The van der Waals surface area contributed by atoms with Gasteiger partial charge in [0.25, 0.3) is 0 Å². The number of sulfonamides is 1. The van der Waals surface area contributed by atoms with E-state index >= 15 is 0 Å². The van der Waals surface area contributed by atoms with Crippen LogP contribution in [-0.2, 0) is 10.0 Å². The van der Waals surface area contributed by atoms with Crippen molar-refractivity contribution in [1.29, 1.82) is 0 Å². The molecule has 0 aliphatic rings. The fourth-order valence-corrected chi connectivity index (χ4v) is 3.04. The Kier molecular flexibility index (Phi) is 4.98. The van der Waals surface area contributed by atoms with E-state index in [2.05, 4.69) is 0 Å². The quantitative estimate of drug-likeness (QED) is 0.890. The van der Waals surface area contributed by atoms with Crippen molar-refractivity contribution in [2.24, 2.45) is 0 Å². The molecular formula is C11H16ClNO4S. The Morgan fingerprint density at radius 2 is 2.11 bits per heavy atom. The molecule has 0 saturated heterocycles. The lowest BCUT2D eigenvalue weighted by Crippen LogP contribution is -2.33. The minimum Gasteiger partial charge on any atom is -0.495 e. The Morgan fingerprint density at radius 3 is 2.61 bits per heavy atom. The van der Waals surface area contributed by atoms with Gasteiger partial charge in [-0.1, -0.05) is 11.6 Å². The molecule has 0 saturated carbocycles. The molecule has 0 heterocycles. The molecule has 1 N–H and O–H groups in total. The first-order valence-electron chi connectivity index (χ1n) is 5.27. The largest absolute Gasteiger partial charge is 0.495 e. The molecule has 0 aliphatic heterocycles. The number of hydrogen-bond acceptors (Lipinski definition) is 4. The van der Waals surface area contributed by atoms with Crippen LogP contribution in [0.15, 0.2) is 23.1 Å². The summed E-state index contributed by atoms with van der Waals surface area (Å²) in [6, 6.07) is 4.30. The normalized spacial score (nSPS) is 13.7. The maximum absolute atomic E-state index is 12.3. The molecule has 0 fully saturated rings. The van der Waals surface area contributed by atoms with Crippen molar-refractivity contribution in [1.82, 2.24) is 4.31 Å². The van der Waals surface area contributed by atoms with Crippen LogP contribution in [0.3, 0.4) is 0 Å². The number of ether oxygens (including phenoxy) is 1. The van der Waals surface area contributed by atoms with Gasteiger partial charge in [-0.25, -0.2) is 8.42 Å². The molecule has 1 aromatic carbocycles. The van der Waals surface area contributed by atoms with Crippen LogP contribution >= 0.6 is 11.6 Å². The van der Waals surface area contributed by atoms with E-state index in [1.807, 2.05) is 0 Å². The molecule has 0 aliphatic carbocycles. The van der Waals surface area contributed by atoms with E-state index in [0.717, 1.165) is 4.31 Å². The average molecular weight is 294 g/mol. The van der Waals surface area contributed by atoms with Gasteiger partial charge in [0.1, 0.15) is 10.6 Å². The molecular weight excluding hydrogens is 278 g/mol. The van der Waals surface area contributed by atoms with Crippen LogP contribution in [0.1, 0.15) is 6.92 Å². The summed E-state index contributed by atoms with van der Waals surface area (Å²) in [5.74, 6) is 0.181. The number of benzene rings is 1. The molecule has 0 amide bonds. The number of aliphatic hydroxyl groups excluding tert-OH is 1. The number of hydrogen-bond donors (Lipinski definition) is 1. The molecule has 0 radical (unpaired) electrons. The van der Waals surface area contributed by atoms with E-state index in [1.54, 1.807) is 0 Å². The Hall–Kier alpha value is -0.820. The highest BCUT2D eigenvalue weighted by Crippen LogP contribution is 2.29. The van der Waals surface area contributed by atoms with Gasteiger partial charge in [0.05, 0.1) is 13.2 Å². The van der Waals surface area contributed by atoms with Gasteiger partial charge in [-0.15, -0.1) is 0 Å². The van der Waals surface area contributed by atoms with Crippen molar-refractivity contribution in [3.63, 3.8) is 0 Å². The highest BCUT2D eigenvalue weighted by atomic mass is 35.5. The van der Waals surface area contributed by atoms with Gasteiger partial charge in [-0.05, 0) is 19.1 Å². The van der Waals surface area contributed by atoms with Crippen molar-refractivity contribution >= 4 is 21.6 Å². The lowest BCUT2D eigenvalue weighted by atomic mass is 10.3. The minimum atomic E-state index is -3.70. The fourth-order valence-electron chi connectivity index (χ4n) is 1.49. The third-order valence-corrected chi connectivity index (χ3v) is 4.43. The van der Waals surface area contributed by atoms with Crippen LogP contribution in [0.2, 0.25) is 5.02 Å². The van der Waals surface area contributed by atoms with Crippen molar-refractivity contribution in [2.75, 3.05) is 20.7 Å². The van der Waals surface area contributed by atoms with Crippen LogP contribution in [0.25, 0.3) is 0 Å². The first-order chi connectivity index (χ1) is 8.28. The van der Waals surface area contributed by atoms with E-state index in [1.165, 1.54) is 39.3 Å². The highest BCUT2D eigenvalue weighted by Gasteiger charge is 2.25. The Labute approximate surface area is 112 Å². The van der Waals surface area contributed by atoms with Crippen molar-refractivity contribution in [2.45, 2.75) is 17.9 Å². The SMILES string of the molecule is COc1cc(Cl)ccc1S(=O)(=O)N(C)CC(C)O. The predicted octanol–water partition coefficient (Wildman–Crippen LogP) is 1.35. The van der Waals surface area contributed by atoms with E-state index in [0.29, 0.717) is 5.02 Å². The molecule has 1 aromatic rings. The van der Waals surface area contributed by atoms with Crippen molar-refractivity contribution in [3.8, 4) is 5.75 Å². The number of methoxy groups -OCH3 is 1. The van der Waals surface area contributed by atoms with Gasteiger partial charge < -0.3 is 9.84 Å². The van der Waals surface area contributed by atoms with E-state index in [4.69, 9.17) is 16.3 Å². The van der Waals surface area contributed by atoms with Crippen LogP contribution in [0.4, 0.5) is 0 Å². The number of nitrogens with zero attached hydrogens (tertiary/aromatic N) is 1. The smallest absolute Gasteiger partial charge is 0.246 e. The van der Waals surface area contributed by atoms with Crippen LogP contribution in [0, 0.1) is 0 Å². The summed E-state index contributed by atoms with van der Waals surface area (Å²) in [7, 11) is -0.931. The third-order valence-electron chi connectivity index (χ3n) is 2.34. The lowest BCUT2D eigenvalue weighted by Gasteiger charge is -2.20. The van der Waals surface area contributed by atoms with Crippen LogP contribution in [0.5, 0.6) is 5.75 Å². The van der Waals surface area contributed by atoms with Gasteiger partial charge in [0.2, 0.25) is 10.0 Å². The topological polar surface area (TPSA) is 66.8 Å². The highest BCUT2D eigenvalue weighted by molar-refractivity contribution is 7.89. The van der Waals surface area contributed by atoms with Gasteiger partial charge in [0, 0.05) is 24.7 Å². The fraction of sp³-hybridized carbons (Fsp3) is 0.455. The molecule has 1 rings (SSSR count). The summed E-state index contributed by atoms with van der Waals surface area (Å²) in [5.41, 5.74) is 0. The summed E-state index contributed by atoms with van der Waals surface area (Å²) in [5, 5.41) is 9.64. The average Bonchev–Trinajstić information content (AvgIpc) is 2.27. The molecule has 102 valence electrons. The number of aliphatic hydroxyl groups is 1. The van der Waals surface area contributed by atoms with Crippen molar-refractivity contribution < 1.29 is 18.3 Å². The maximum atomic E-state index is 12.3. The Morgan fingerprint density at radius 1 is 1.50 bits per heavy atom. The first kappa shape index (κ1) is 15.2. The second kappa shape index (κ2) is 5.88. The second-order valence-corrected chi connectivity index (χ2v) is 6.38. The molecule has 18 heavy (non-hydrogen) atoms. The van der Waals surface area contributed by atoms with Crippen LogP contribution < -0.4 is 4.74 Å².